The minimum Gasteiger partial charge on any atom is -0.466 e. The second kappa shape index (κ2) is 6.36. The molecule has 2 atom stereocenters. The van der Waals surface area contributed by atoms with E-state index in [0.717, 1.165) is 39.1 Å². The van der Waals surface area contributed by atoms with Crippen LogP contribution >= 0.6 is 0 Å². The van der Waals surface area contributed by atoms with Gasteiger partial charge in [-0.2, -0.15) is 0 Å². The zero-order valence-electron chi connectivity index (χ0n) is 10.7. The number of ether oxygens (including phenoxy) is 2. The molecule has 0 N–H and O–H groups in total. The Morgan fingerprint density at radius 1 is 1.41 bits per heavy atom. The molecule has 0 saturated carbocycles. The summed E-state index contributed by atoms with van der Waals surface area (Å²) in [5.74, 6) is 0.0506. The molecule has 2 rings (SSSR count). The smallest absolute Gasteiger partial charge is 0.310 e. The van der Waals surface area contributed by atoms with Crippen LogP contribution in [0.15, 0.2) is 0 Å². The molecule has 0 aromatic carbocycles. The van der Waals surface area contributed by atoms with Gasteiger partial charge in [0.15, 0.2) is 0 Å². The number of hydrogen-bond donors (Lipinski definition) is 0. The number of piperidine rings is 1. The molecule has 2 aliphatic rings. The number of carbonyl (C=O) groups is 1. The zero-order chi connectivity index (χ0) is 12.1. The molecule has 0 aromatic heterocycles. The van der Waals surface area contributed by atoms with E-state index in [-0.39, 0.29) is 11.9 Å². The molecule has 17 heavy (non-hydrogen) atoms. The van der Waals surface area contributed by atoms with Crippen molar-refractivity contribution in [1.82, 2.24) is 4.90 Å². The fourth-order valence-corrected chi connectivity index (χ4v) is 2.75. The summed E-state index contributed by atoms with van der Waals surface area (Å²) in [4.78, 5) is 14.1. The Bertz CT molecular complexity index is 251. The van der Waals surface area contributed by atoms with Crippen molar-refractivity contribution in [3.8, 4) is 0 Å². The fourth-order valence-electron chi connectivity index (χ4n) is 2.75. The summed E-state index contributed by atoms with van der Waals surface area (Å²) in [6.07, 6.45) is 4.80. The van der Waals surface area contributed by atoms with Crippen molar-refractivity contribution >= 4 is 5.97 Å². The molecule has 0 spiro atoms. The van der Waals surface area contributed by atoms with Gasteiger partial charge >= 0.3 is 5.97 Å². The second-order valence-corrected chi connectivity index (χ2v) is 4.99. The van der Waals surface area contributed by atoms with Crippen molar-refractivity contribution in [2.24, 2.45) is 5.92 Å². The maximum Gasteiger partial charge on any atom is 0.310 e. The third-order valence-corrected chi connectivity index (χ3v) is 3.61. The molecule has 0 aliphatic carbocycles. The lowest BCUT2D eigenvalue weighted by atomic mass is 9.98. The van der Waals surface area contributed by atoms with Gasteiger partial charge in [-0.1, -0.05) is 0 Å². The van der Waals surface area contributed by atoms with E-state index in [1.54, 1.807) is 0 Å². The summed E-state index contributed by atoms with van der Waals surface area (Å²) >= 11 is 0. The van der Waals surface area contributed by atoms with E-state index in [2.05, 4.69) is 4.90 Å². The summed E-state index contributed by atoms with van der Waals surface area (Å²) in [6.45, 7) is 6.18. The first kappa shape index (κ1) is 12.8. The molecule has 0 radical (unpaired) electrons. The van der Waals surface area contributed by atoms with Gasteiger partial charge in [-0.25, -0.2) is 0 Å². The van der Waals surface area contributed by atoms with Crippen molar-refractivity contribution in [2.45, 2.75) is 38.7 Å². The van der Waals surface area contributed by atoms with Crippen LogP contribution in [0.5, 0.6) is 0 Å². The van der Waals surface area contributed by atoms with Crippen molar-refractivity contribution in [2.75, 3.05) is 32.8 Å². The molecule has 0 amide bonds. The average molecular weight is 241 g/mol. The second-order valence-electron chi connectivity index (χ2n) is 4.99. The molecule has 98 valence electrons. The van der Waals surface area contributed by atoms with Crippen LogP contribution in [0.1, 0.15) is 32.6 Å². The highest BCUT2D eigenvalue weighted by Gasteiger charge is 2.28. The van der Waals surface area contributed by atoms with Gasteiger partial charge in [0.2, 0.25) is 0 Å². The maximum absolute atomic E-state index is 11.7. The van der Waals surface area contributed by atoms with E-state index in [4.69, 9.17) is 9.47 Å². The third kappa shape index (κ3) is 3.68. The monoisotopic (exact) mass is 241 g/mol. The molecule has 0 aromatic rings. The predicted octanol–water partition coefficient (Wildman–Crippen LogP) is 1.44. The van der Waals surface area contributed by atoms with Gasteiger partial charge in [0.1, 0.15) is 0 Å². The van der Waals surface area contributed by atoms with Crippen LogP contribution in [0.25, 0.3) is 0 Å². The zero-order valence-corrected chi connectivity index (χ0v) is 10.7. The van der Waals surface area contributed by atoms with Gasteiger partial charge in [-0.3, -0.25) is 9.69 Å². The standard InChI is InChI=1S/C13H23NO3/c1-2-16-13(15)11-5-3-7-14(9-11)10-12-6-4-8-17-12/h11-12H,2-10H2,1H3/t11-,12-/m1/s1. The number of carbonyl (C=O) groups excluding carboxylic acids is 1. The van der Waals surface area contributed by atoms with Crippen LogP contribution in [0.3, 0.4) is 0 Å². The topological polar surface area (TPSA) is 38.8 Å². The van der Waals surface area contributed by atoms with Crippen LogP contribution in [-0.4, -0.2) is 49.8 Å². The van der Waals surface area contributed by atoms with E-state index in [1.807, 2.05) is 6.92 Å². The summed E-state index contributed by atoms with van der Waals surface area (Å²) in [7, 11) is 0. The molecule has 2 saturated heterocycles. The van der Waals surface area contributed by atoms with Gasteiger partial charge in [-0.05, 0) is 39.2 Å². The van der Waals surface area contributed by atoms with Gasteiger partial charge in [0, 0.05) is 19.7 Å². The van der Waals surface area contributed by atoms with E-state index >= 15 is 0 Å². The number of nitrogens with zero attached hydrogens (tertiary/aromatic N) is 1. The Balaban J connectivity index is 1.77. The van der Waals surface area contributed by atoms with Crippen molar-refractivity contribution in [3.63, 3.8) is 0 Å². The van der Waals surface area contributed by atoms with E-state index in [1.165, 1.54) is 12.8 Å². The Kier molecular flexibility index (Phi) is 4.80. The number of rotatable bonds is 4. The van der Waals surface area contributed by atoms with Crippen molar-refractivity contribution in [1.29, 1.82) is 0 Å². The van der Waals surface area contributed by atoms with Crippen LogP contribution < -0.4 is 0 Å². The first-order valence-electron chi connectivity index (χ1n) is 6.80. The van der Waals surface area contributed by atoms with Crippen molar-refractivity contribution < 1.29 is 14.3 Å². The highest BCUT2D eigenvalue weighted by molar-refractivity contribution is 5.72. The number of esters is 1. The van der Waals surface area contributed by atoms with Crippen molar-refractivity contribution in [3.05, 3.63) is 0 Å². The molecule has 2 heterocycles. The Labute approximate surface area is 103 Å². The highest BCUT2D eigenvalue weighted by Crippen LogP contribution is 2.20. The van der Waals surface area contributed by atoms with Gasteiger partial charge in [-0.15, -0.1) is 0 Å². The van der Waals surface area contributed by atoms with E-state index < -0.39 is 0 Å². The number of likely N-dealkylation sites (tertiary alicyclic amines) is 1. The van der Waals surface area contributed by atoms with Crippen LogP contribution in [0, 0.1) is 5.92 Å². The minimum absolute atomic E-state index is 0.0236. The number of hydrogen-bond acceptors (Lipinski definition) is 4. The summed E-state index contributed by atoms with van der Waals surface area (Å²) in [6, 6.07) is 0. The molecular formula is C13H23NO3. The molecule has 0 unspecified atom stereocenters. The van der Waals surface area contributed by atoms with E-state index in [0.29, 0.717) is 12.7 Å². The largest absolute Gasteiger partial charge is 0.466 e. The summed E-state index contributed by atoms with van der Waals surface area (Å²) in [5.41, 5.74) is 0. The minimum atomic E-state index is -0.0236. The third-order valence-electron chi connectivity index (χ3n) is 3.61. The van der Waals surface area contributed by atoms with Crippen LogP contribution in [-0.2, 0) is 14.3 Å². The quantitative estimate of drug-likeness (QED) is 0.698. The van der Waals surface area contributed by atoms with E-state index in [9.17, 15) is 4.79 Å². The first-order valence-corrected chi connectivity index (χ1v) is 6.80. The van der Waals surface area contributed by atoms with Crippen LogP contribution in [0.2, 0.25) is 0 Å². The lowest BCUT2D eigenvalue weighted by Gasteiger charge is -2.32. The lowest BCUT2D eigenvalue weighted by molar-refractivity contribution is -0.150. The Morgan fingerprint density at radius 3 is 3.00 bits per heavy atom. The first-order chi connectivity index (χ1) is 8.29. The molecular weight excluding hydrogens is 218 g/mol. The predicted molar refractivity (Wildman–Crippen MR) is 64.8 cm³/mol. The Morgan fingerprint density at radius 2 is 2.29 bits per heavy atom. The highest BCUT2D eigenvalue weighted by atomic mass is 16.5. The van der Waals surface area contributed by atoms with Gasteiger partial charge < -0.3 is 9.47 Å². The lowest BCUT2D eigenvalue weighted by Crippen LogP contribution is -2.42. The molecule has 2 fully saturated rings. The van der Waals surface area contributed by atoms with Gasteiger partial charge in [0.05, 0.1) is 18.6 Å². The van der Waals surface area contributed by atoms with Gasteiger partial charge in [0.25, 0.3) is 0 Å². The molecule has 2 aliphatic heterocycles. The molecule has 4 nitrogen and oxygen atoms in total. The maximum atomic E-state index is 11.7. The molecule has 0 bridgehead atoms. The summed E-state index contributed by atoms with van der Waals surface area (Å²) in [5, 5.41) is 0. The normalized spacial score (nSPS) is 30.4. The Hall–Kier alpha value is -0.610. The fraction of sp³-hybridized carbons (Fsp3) is 0.923. The summed E-state index contributed by atoms with van der Waals surface area (Å²) < 4.78 is 10.7. The SMILES string of the molecule is CCOC(=O)[C@@H]1CCCN(C[C@H]2CCCO2)C1. The van der Waals surface area contributed by atoms with Crippen LogP contribution in [0.4, 0.5) is 0 Å². The molecule has 4 heteroatoms. The average Bonchev–Trinajstić information content (AvgIpc) is 2.82.